The molecule has 0 unspecified atom stereocenters. The lowest BCUT2D eigenvalue weighted by Crippen LogP contribution is -2.43. The Kier molecular flexibility index (Phi) is 5.90. The number of ether oxygens (including phenoxy) is 1. The van der Waals surface area contributed by atoms with Gasteiger partial charge in [0.15, 0.2) is 5.69 Å². The van der Waals surface area contributed by atoms with Gasteiger partial charge in [0.25, 0.3) is 5.91 Å². The Morgan fingerprint density at radius 1 is 1.31 bits per heavy atom. The van der Waals surface area contributed by atoms with Gasteiger partial charge < -0.3 is 9.64 Å². The Hall–Kier alpha value is -2.91. The van der Waals surface area contributed by atoms with E-state index < -0.39 is 41.0 Å². The van der Waals surface area contributed by atoms with E-state index in [1.54, 1.807) is 6.92 Å². The molecule has 0 saturated carbocycles. The molecule has 2 heterocycles. The summed E-state index contributed by atoms with van der Waals surface area (Å²) in [7, 11) is 0. The fraction of sp³-hybridized carbons (Fsp3) is 0.421. The fourth-order valence-corrected chi connectivity index (χ4v) is 3.37. The number of rotatable bonds is 4. The number of hydrogen-bond acceptors (Lipinski definition) is 4. The molecule has 0 aliphatic carbocycles. The van der Waals surface area contributed by atoms with Gasteiger partial charge in [0, 0.05) is 13.1 Å². The maximum atomic E-state index is 13.8. The van der Waals surface area contributed by atoms with Crippen molar-refractivity contribution < 1.29 is 31.9 Å². The number of nitrogens with zero attached hydrogens (tertiary/aromatic N) is 3. The monoisotopic (exact) mass is 413 g/mol. The second kappa shape index (κ2) is 8.22. The van der Waals surface area contributed by atoms with Gasteiger partial charge >= 0.3 is 12.1 Å². The molecule has 1 fully saturated rings. The van der Waals surface area contributed by atoms with Crippen LogP contribution < -0.4 is 0 Å². The van der Waals surface area contributed by atoms with Crippen LogP contribution in [0.1, 0.15) is 35.8 Å². The second-order valence-electron chi connectivity index (χ2n) is 6.64. The molecule has 1 aromatic heterocycles. The molecule has 1 amide bonds. The van der Waals surface area contributed by atoms with Gasteiger partial charge in [-0.2, -0.15) is 18.3 Å². The summed E-state index contributed by atoms with van der Waals surface area (Å²) in [5, 5.41) is 3.68. The van der Waals surface area contributed by atoms with Crippen molar-refractivity contribution in [3.63, 3.8) is 0 Å². The molecule has 1 aromatic carbocycles. The van der Waals surface area contributed by atoms with Crippen LogP contribution in [0.5, 0.6) is 0 Å². The van der Waals surface area contributed by atoms with Crippen LogP contribution in [0.25, 0.3) is 5.69 Å². The van der Waals surface area contributed by atoms with Crippen LogP contribution >= 0.6 is 0 Å². The van der Waals surface area contributed by atoms with Crippen molar-refractivity contribution in [2.45, 2.75) is 25.9 Å². The fourth-order valence-electron chi connectivity index (χ4n) is 3.37. The third kappa shape index (κ3) is 4.41. The number of alkyl halides is 3. The summed E-state index contributed by atoms with van der Waals surface area (Å²) in [6.07, 6.45) is -3.11. The van der Waals surface area contributed by atoms with Gasteiger partial charge in [0.1, 0.15) is 5.82 Å². The van der Waals surface area contributed by atoms with E-state index in [-0.39, 0.29) is 25.4 Å². The van der Waals surface area contributed by atoms with E-state index in [1.165, 1.54) is 17.0 Å². The first-order chi connectivity index (χ1) is 13.7. The summed E-state index contributed by atoms with van der Waals surface area (Å²) in [5.41, 5.74) is -2.09. The number of hydrogen-bond donors (Lipinski definition) is 0. The third-order valence-corrected chi connectivity index (χ3v) is 4.65. The molecule has 0 spiro atoms. The van der Waals surface area contributed by atoms with Crippen molar-refractivity contribution >= 4 is 11.9 Å². The minimum absolute atomic E-state index is 0.0277. The van der Waals surface area contributed by atoms with E-state index in [2.05, 4.69) is 5.10 Å². The van der Waals surface area contributed by atoms with Crippen molar-refractivity contribution in [3.8, 4) is 5.69 Å². The summed E-state index contributed by atoms with van der Waals surface area (Å²) in [5.74, 6) is -2.67. The van der Waals surface area contributed by atoms with Crippen LogP contribution in [-0.4, -0.2) is 46.3 Å². The molecule has 1 atom stereocenters. The van der Waals surface area contributed by atoms with Crippen molar-refractivity contribution in [1.29, 1.82) is 0 Å². The second-order valence-corrected chi connectivity index (χ2v) is 6.64. The predicted octanol–water partition coefficient (Wildman–Crippen LogP) is 3.45. The van der Waals surface area contributed by atoms with E-state index in [0.29, 0.717) is 17.5 Å². The Morgan fingerprint density at radius 3 is 2.72 bits per heavy atom. The first-order valence-corrected chi connectivity index (χ1v) is 9.09. The molecule has 156 valence electrons. The van der Waals surface area contributed by atoms with Crippen molar-refractivity contribution in [1.82, 2.24) is 14.7 Å². The molecular weight excluding hydrogens is 394 g/mol. The zero-order chi connectivity index (χ0) is 21.2. The molecular formula is C19H19F4N3O3. The molecule has 0 N–H and O–H groups in total. The molecule has 6 nitrogen and oxygen atoms in total. The zero-order valence-corrected chi connectivity index (χ0v) is 15.6. The molecule has 0 radical (unpaired) electrons. The average molecular weight is 413 g/mol. The quantitative estimate of drug-likeness (QED) is 0.569. The van der Waals surface area contributed by atoms with Gasteiger partial charge in [0.2, 0.25) is 0 Å². The van der Waals surface area contributed by atoms with Gasteiger partial charge in [-0.3, -0.25) is 9.59 Å². The Balaban J connectivity index is 1.94. The number of halogens is 4. The zero-order valence-electron chi connectivity index (χ0n) is 15.6. The van der Waals surface area contributed by atoms with Gasteiger partial charge in [0.05, 0.1) is 30.0 Å². The van der Waals surface area contributed by atoms with Crippen molar-refractivity contribution in [3.05, 3.63) is 47.5 Å². The first kappa shape index (κ1) is 20.8. The first-order valence-electron chi connectivity index (χ1n) is 9.09. The summed E-state index contributed by atoms with van der Waals surface area (Å²) < 4.78 is 60.2. The van der Waals surface area contributed by atoms with Crippen molar-refractivity contribution in [2.24, 2.45) is 5.92 Å². The molecule has 2 aromatic rings. The molecule has 3 rings (SSSR count). The van der Waals surface area contributed by atoms with E-state index in [1.807, 2.05) is 0 Å². The van der Waals surface area contributed by atoms with Crippen molar-refractivity contribution in [2.75, 3.05) is 19.7 Å². The lowest BCUT2D eigenvalue weighted by molar-refractivity contribution is -0.149. The SMILES string of the molecule is CCOC(=O)[C@@H]1CCCN(C(=O)c2cnn(-c3cccc(F)c3)c2C(F)(F)F)C1. The Morgan fingerprint density at radius 2 is 2.07 bits per heavy atom. The maximum absolute atomic E-state index is 13.8. The molecule has 0 bridgehead atoms. The highest BCUT2D eigenvalue weighted by Gasteiger charge is 2.42. The number of carbonyl (C=O) groups is 2. The lowest BCUT2D eigenvalue weighted by Gasteiger charge is -2.31. The summed E-state index contributed by atoms with van der Waals surface area (Å²) in [6.45, 7) is 2.03. The smallest absolute Gasteiger partial charge is 0.434 e. The van der Waals surface area contributed by atoms with Crippen LogP contribution in [0.2, 0.25) is 0 Å². The van der Waals surface area contributed by atoms with E-state index in [4.69, 9.17) is 4.74 Å². The molecule has 1 aliphatic rings. The van der Waals surface area contributed by atoms with Gasteiger partial charge in [-0.15, -0.1) is 0 Å². The highest BCUT2D eigenvalue weighted by atomic mass is 19.4. The summed E-state index contributed by atoms with van der Waals surface area (Å²) >= 11 is 0. The topological polar surface area (TPSA) is 64.4 Å². The molecule has 29 heavy (non-hydrogen) atoms. The highest BCUT2D eigenvalue weighted by Crippen LogP contribution is 2.35. The summed E-state index contributed by atoms with van der Waals surface area (Å²) in [4.78, 5) is 26.0. The minimum atomic E-state index is -4.90. The number of amides is 1. The number of piperidine rings is 1. The molecule has 10 heteroatoms. The lowest BCUT2D eigenvalue weighted by atomic mass is 9.97. The van der Waals surface area contributed by atoms with E-state index in [9.17, 15) is 27.2 Å². The molecule has 1 aliphatic heterocycles. The standard InChI is InChI=1S/C19H19F4N3O3/c1-2-29-18(28)12-5-4-8-25(11-12)17(27)15-10-24-26(16(15)19(21,22)23)14-7-3-6-13(20)9-14/h3,6-7,9-10,12H,2,4-5,8,11H2,1H3/t12-/m1/s1. The number of aromatic nitrogens is 2. The number of benzene rings is 1. The largest absolute Gasteiger partial charge is 0.466 e. The molecule has 1 saturated heterocycles. The van der Waals surface area contributed by atoms with Crippen LogP contribution in [0.4, 0.5) is 17.6 Å². The van der Waals surface area contributed by atoms with E-state index in [0.717, 1.165) is 18.3 Å². The van der Waals surface area contributed by atoms with Gasteiger partial charge in [-0.1, -0.05) is 6.07 Å². The number of esters is 1. The Bertz CT molecular complexity index is 910. The van der Waals surface area contributed by atoms with Crippen LogP contribution in [0.3, 0.4) is 0 Å². The van der Waals surface area contributed by atoms with Gasteiger partial charge in [-0.25, -0.2) is 9.07 Å². The number of likely N-dealkylation sites (tertiary alicyclic amines) is 1. The Labute approximate surface area is 164 Å². The maximum Gasteiger partial charge on any atom is 0.434 e. The van der Waals surface area contributed by atoms with E-state index >= 15 is 0 Å². The van der Waals surface area contributed by atoms with Crippen LogP contribution in [-0.2, 0) is 15.7 Å². The highest BCUT2D eigenvalue weighted by molar-refractivity contribution is 5.96. The van der Waals surface area contributed by atoms with Crippen LogP contribution in [0, 0.1) is 11.7 Å². The third-order valence-electron chi connectivity index (χ3n) is 4.65. The van der Waals surface area contributed by atoms with Crippen LogP contribution in [0.15, 0.2) is 30.5 Å². The van der Waals surface area contributed by atoms with Gasteiger partial charge in [-0.05, 0) is 38.0 Å². The summed E-state index contributed by atoms with van der Waals surface area (Å²) in [6, 6.07) is 4.50. The normalized spacial score (nSPS) is 17.3. The predicted molar refractivity (Wildman–Crippen MR) is 93.8 cm³/mol. The number of carbonyl (C=O) groups excluding carboxylic acids is 2. The minimum Gasteiger partial charge on any atom is -0.466 e. The average Bonchev–Trinajstić information content (AvgIpc) is 3.13.